The predicted molar refractivity (Wildman–Crippen MR) is 98.7 cm³/mol. The van der Waals surface area contributed by atoms with Gasteiger partial charge in [0.1, 0.15) is 5.82 Å². The Kier molecular flexibility index (Phi) is 4.44. The molecule has 0 unspecified atom stereocenters. The molecule has 2 aliphatic heterocycles. The first-order chi connectivity index (χ1) is 12.5. The minimum Gasteiger partial charge on any atom is -0.348 e. The number of anilines is 1. The summed E-state index contributed by atoms with van der Waals surface area (Å²) in [5.74, 6) is 1.56. The molecule has 0 spiro atoms. The van der Waals surface area contributed by atoms with Crippen molar-refractivity contribution in [2.45, 2.75) is 25.2 Å². The molecule has 8 heteroatoms. The van der Waals surface area contributed by atoms with E-state index in [1.165, 1.54) is 4.31 Å². The highest BCUT2D eigenvalue weighted by atomic mass is 32.2. The van der Waals surface area contributed by atoms with Crippen LogP contribution in [0.15, 0.2) is 36.7 Å². The Bertz CT molecular complexity index is 870. The van der Waals surface area contributed by atoms with Crippen molar-refractivity contribution >= 4 is 21.6 Å². The van der Waals surface area contributed by atoms with Gasteiger partial charge in [-0.25, -0.2) is 13.4 Å². The van der Waals surface area contributed by atoms with Crippen molar-refractivity contribution in [2.24, 2.45) is 0 Å². The van der Waals surface area contributed by atoms with Gasteiger partial charge >= 0.3 is 0 Å². The fraction of sp³-hybridized carbons (Fsp3) is 0.444. The highest BCUT2D eigenvalue weighted by molar-refractivity contribution is 7.93. The van der Waals surface area contributed by atoms with Gasteiger partial charge in [-0.05, 0) is 43.5 Å². The van der Waals surface area contributed by atoms with Crippen molar-refractivity contribution in [3.63, 3.8) is 0 Å². The monoisotopic (exact) mass is 374 g/mol. The SMILES string of the molecule is O=C(c1ccc(N2CCCS2(=O)=O)cc1)N1CCC(c2ncc[nH]2)CC1. The van der Waals surface area contributed by atoms with Crippen LogP contribution < -0.4 is 4.31 Å². The molecule has 0 saturated carbocycles. The average molecular weight is 374 g/mol. The number of piperidine rings is 1. The molecule has 26 heavy (non-hydrogen) atoms. The number of carbonyl (C=O) groups is 1. The van der Waals surface area contributed by atoms with Crippen LogP contribution in [0.4, 0.5) is 5.69 Å². The second-order valence-corrected chi connectivity index (χ2v) is 8.84. The number of amides is 1. The number of hydrogen-bond acceptors (Lipinski definition) is 4. The highest BCUT2D eigenvalue weighted by Crippen LogP contribution is 2.27. The lowest BCUT2D eigenvalue weighted by atomic mass is 9.95. The van der Waals surface area contributed by atoms with Gasteiger partial charge in [0, 0.05) is 43.5 Å². The van der Waals surface area contributed by atoms with Crippen LogP contribution >= 0.6 is 0 Å². The average Bonchev–Trinajstić information content (AvgIpc) is 3.31. The standard InChI is InChI=1S/C18H22N4O3S/c23-18(21-11-6-14(7-12-21)17-19-8-9-20-17)15-2-4-16(5-3-15)22-10-1-13-26(22,24)25/h2-5,8-9,14H,1,6-7,10-13H2,(H,19,20). The zero-order chi connectivity index (χ0) is 18.1. The van der Waals surface area contributed by atoms with Gasteiger partial charge in [0.25, 0.3) is 5.91 Å². The van der Waals surface area contributed by atoms with Crippen LogP contribution in [0.2, 0.25) is 0 Å². The van der Waals surface area contributed by atoms with Gasteiger partial charge in [0.15, 0.2) is 0 Å². The summed E-state index contributed by atoms with van der Waals surface area (Å²) in [5.41, 5.74) is 1.23. The van der Waals surface area contributed by atoms with Gasteiger partial charge in [-0.3, -0.25) is 9.10 Å². The van der Waals surface area contributed by atoms with Crippen LogP contribution in [-0.4, -0.2) is 54.6 Å². The lowest BCUT2D eigenvalue weighted by Gasteiger charge is -2.31. The molecule has 1 amide bonds. The van der Waals surface area contributed by atoms with Crippen LogP contribution in [0, 0.1) is 0 Å². The molecule has 0 atom stereocenters. The highest BCUT2D eigenvalue weighted by Gasteiger charge is 2.29. The Hall–Kier alpha value is -2.35. The van der Waals surface area contributed by atoms with Gasteiger partial charge in [0.05, 0.1) is 11.4 Å². The summed E-state index contributed by atoms with van der Waals surface area (Å²) in [7, 11) is -3.19. The molecule has 0 aliphatic carbocycles. The number of carbonyl (C=O) groups excluding carboxylic acids is 1. The van der Waals surface area contributed by atoms with E-state index in [0.717, 1.165) is 18.7 Å². The second kappa shape index (κ2) is 6.75. The normalized spacial score (nSPS) is 20.5. The Morgan fingerprint density at radius 1 is 1.12 bits per heavy atom. The Labute approximate surface area is 153 Å². The number of aromatic nitrogens is 2. The van der Waals surface area contributed by atoms with Crippen molar-refractivity contribution in [1.82, 2.24) is 14.9 Å². The maximum atomic E-state index is 12.7. The maximum absolute atomic E-state index is 12.7. The fourth-order valence-electron chi connectivity index (χ4n) is 3.74. The van der Waals surface area contributed by atoms with Crippen molar-refractivity contribution in [1.29, 1.82) is 0 Å². The van der Waals surface area contributed by atoms with Gasteiger partial charge in [-0.2, -0.15) is 0 Å². The van der Waals surface area contributed by atoms with E-state index < -0.39 is 10.0 Å². The number of rotatable bonds is 3. The molecule has 0 radical (unpaired) electrons. The summed E-state index contributed by atoms with van der Waals surface area (Å²) in [5, 5.41) is 0. The van der Waals surface area contributed by atoms with Crippen LogP contribution in [0.5, 0.6) is 0 Å². The number of aromatic amines is 1. The quantitative estimate of drug-likeness (QED) is 0.890. The van der Waals surface area contributed by atoms with Crippen molar-refractivity contribution < 1.29 is 13.2 Å². The lowest BCUT2D eigenvalue weighted by molar-refractivity contribution is 0.0711. The van der Waals surface area contributed by atoms with E-state index in [0.29, 0.717) is 43.2 Å². The van der Waals surface area contributed by atoms with Gasteiger partial charge < -0.3 is 9.88 Å². The van der Waals surface area contributed by atoms with Gasteiger partial charge in [-0.1, -0.05) is 0 Å². The first kappa shape index (κ1) is 17.1. The molecule has 1 aromatic carbocycles. The number of nitrogens with one attached hydrogen (secondary N) is 1. The van der Waals surface area contributed by atoms with Crippen LogP contribution in [0.25, 0.3) is 0 Å². The lowest BCUT2D eigenvalue weighted by Crippen LogP contribution is -2.38. The van der Waals surface area contributed by atoms with E-state index >= 15 is 0 Å². The smallest absolute Gasteiger partial charge is 0.253 e. The summed E-state index contributed by atoms with van der Waals surface area (Å²) < 4.78 is 25.4. The topological polar surface area (TPSA) is 86.4 Å². The third-order valence-corrected chi connectivity index (χ3v) is 7.06. The van der Waals surface area contributed by atoms with E-state index in [4.69, 9.17) is 0 Å². The van der Waals surface area contributed by atoms with Crippen molar-refractivity contribution in [2.75, 3.05) is 29.7 Å². The van der Waals surface area contributed by atoms with Crippen molar-refractivity contribution in [3.8, 4) is 0 Å². The summed E-state index contributed by atoms with van der Waals surface area (Å²) in [6.07, 6.45) is 6.02. The first-order valence-corrected chi connectivity index (χ1v) is 10.5. The number of benzene rings is 1. The van der Waals surface area contributed by atoms with Crippen LogP contribution in [0.3, 0.4) is 0 Å². The largest absolute Gasteiger partial charge is 0.348 e. The third kappa shape index (κ3) is 3.21. The molecule has 138 valence electrons. The predicted octanol–water partition coefficient (Wildman–Crippen LogP) is 1.97. The van der Waals surface area contributed by atoms with E-state index in [1.54, 1.807) is 30.5 Å². The number of nitrogens with zero attached hydrogens (tertiary/aromatic N) is 3. The molecule has 1 N–H and O–H groups in total. The molecule has 2 aromatic rings. The summed E-state index contributed by atoms with van der Waals surface area (Å²) in [4.78, 5) is 22.1. The van der Waals surface area contributed by atoms with E-state index in [9.17, 15) is 13.2 Å². The number of imidazole rings is 1. The molecule has 3 heterocycles. The zero-order valence-electron chi connectivity index (χ0n) is 14.5. The number of sulfonamides is 1. The second-order valence-electron chi connectivity index (χ2n) is 6.83. The third-order valence-electron chi connectivity index (χ3n) is 5.19. The molecular formula is C18H22N4O3S. The van der Waals surface area contributed by atoms with Crippen LogP contribution in [0.1, 0.15) is 41.4 Å². The summed E-state index contributed by atoms with van der Waals surface area (Å²) in [6.45, 7) is 1.91. The molecule has 0 bridgehead atoms. The Morgan fingerprint density at radius 3 is 2.42 bits per heavy atom. The molecule has 7 nitrogen and oxygen atoms in total. The first-order valence-electron chi connectivity index (χ1n) is 8.93. The number of H-pyrrole nitrogens is 1. The maximum Gasteiger partial charge on any atom is 0.253 e. The van der Waals surface area contributed by atoms with Crippen LogP contribution in [-0.2, 0) is 10.0 Å². The fourth-order valence-corrected chi connectivity index (χ4v) is 5.30. The van der Waals surface area contributed by atoms with E-state index in [2.05, 4.69) is 9.97 Å². The Balaban J connectivity index is 1.41. The molecule has 2 aliphatic rings. The molecule has 2 saturated heterocycles. The molecular weight excluding hydrogens is 352 g/mol. The van der Waals surface area contributed by atoms with Gasteiger partial charge in [0.2, 0.25) is 10.0 Å². The minimum absolute atomic E-state index is 0.00118. The summed E-state index contributed by atoms with van der Waals surface area (Å²) >= 11 is 0. The zero-order valence-corrected chi connectivity index (χ0v) is 15.3. The Morgan fingerprint density at radius 2 is 1.85 bits per heavy atom. The van der Waals surface area contributed by atoms with Crippen molar-refractivity contribution in [3.05, 3.63) is 48.0 Å². The van der Waals surface area contributed by atoms with E-state index in [1.807, 2.05) is 11.1 Å². The van der Waals surface area contributed by atoms with Gasteiger partial charge in [-0.15, -0.1) is 0 Å². The molecule has 2 fully saturated rings. The number of likely N-dealkylation sites (tertiary alicyclic amines) is 1. The summed E-state index contributed by atoms with van der Waals surface area (Å²) in [6, 6.07) is 6.91. The molecule has 4 rings (SSSR count). The minimum atomic E-state index is -3.19. The van der Waals surface area contributed by atoms with E-state index in [-0.39, 0.29) is 11.7 Å². The number of hydrogen-bond donors (Lipinski definition) is 1. The molecule has 1 aromatic heterocycles.